The second kappa shape index (κ2) is 8.09. The van der Waals surface area contributed by atoms with Crippen molar-refractivity contribution in [3.05, 3.63) is 23.8 Å². The summed E-state index contributed by atoms with van der Waals surface area (Å²) in [6.07, 6.45) is 1.46. The van der Waals surface area contributed by atoms with Gasteiger partial charge in [0.15, 0.2) is 11.5 Å². The third-order valence-corrected chi connectivity index (χ3v) is 3.11. The van der Waals surface area contributed by atoms with Gasteiger partial charge < -0.3 is 24.6 Å². The van der Waals surface area contributed by atoms with E-state index in [4.69, 9.17) is 14.2 Å². The van der Waals surface area contributed by atoms with Gasteiger partial charge in [0.1, 0.15) is 0 Å². The van der Waals surface area contributed by atoms with E-state index in [0.717, 1.165) is 43.9 Å². The Morgan fingerprint density at radius 2 is 2.15 bits per heavy atom. The van der Waals surface area contributed by atoms with Crippen LogP contribution in [-0.2, 0) is 4.74 Å². The highest BCUT2D eigenvalue weighted by atomic mass is 16.7. The third-order valence-electron chi connectivity index (χ3n) is 3.11. The lowest BCUT2D eigenvalue weighted by molar-refractivity contribution is 0.129. The van der Waals surface area contributed by atoms with Crippen LogP contribution < -0.4 is 14.8 Å². The van der Waals surface area contributed by atoms with Gasteiger partial charge >= 0.3 is 0 Å². The van der Waals surface area contributed by atoms with Crippen LogP contribution in [0.25, 0.3) is 0 Å². The van der Waals surface area contributed by atoms with Crippen molar-refractivity contribution in [3.8, 4) is 11.5 Å². The summed E-state index contributed by atoms with van der Waals surface area (Å²) in [4.78, 5) is 0. The Balaban J connectivity index is 1.66. The lowest BCUT2D eigenvalue weighted by atomic mass is 10.1. The molecule has 0 radical (unpaired) electrons. The molecular formula is C15H23NO4. The van der Waals surface area contributed by atoms with Crippen molar-refractivity contribution in [2.75, 3.05) is 33.1 Å². The van der Waals surface area contributed by atoms with Crippen molar-refractivity contribution in [1.82, 2.24) is 5.32 Å². The van der Waals surface area contributed by atoms with Crippen molar-refractivity contribution < 1.29 is 19.3 Å². The van der Waals surface area contributed by atoms with E-state index in [1.165, 1.54) is 0 Å². The van der Waals surface area contributed by atoms with E-state index < -0.39 is 6.10 Å². The van der Waals surface area contributed by atoms with Crippen LogP contribution in [0, 0.1) is 0 Å². The van der Waals surface area contributed by atoms with Gasteiger partial charge in [-0.1, -0.05) is 13.0 Å². The molecule has 2 N–H and O–H groups in total. The Labute approximate surface area is 119 Å². The fourth-order valence-corrected chi connectivity index (χ4v) is 2.02. The first-order chi connectivity index (χ1) is 9.81. The number of ether oxygens (including phenoxy) is 3. The van der Waals surface area contributed by atoms with E-state index in [1.54, 1.807) is 0 Å². The van der Waals surface area contributed by atoms with Gasteiger partial charge in [-0.25, -0.2) is 0 Å². The van der Waals surface area contributed by atoms with E-state index in [0.29, 0.717) is 12.3 Å². The molecule has 112 valence electrons. The first-order valence-corrected chi connectivity index (χ1v) is 7.17. The molecule has 5 nitrogen and oxygen atoms in total. The number of benzene rings is 1. The lowest BCUT2D eigenvalue weighted by Crippen LogP contribution is -2.23. The molecule has 20 heavy (non-hydrogen) atoms. The molecular weight excluding hydrogens is 258 g/mol. The van der Waals surface area contributed by atoms with Gasteiger partial charge in [-0.15, -0.1) is 0 Å². The van der Waals surface area contributed by atoms with Crippen molar-refractivity contribution in [2.24, 2.45) is 0 Å². The zero-order valence-electron chi connectivity index (χ0n) is 11.9. The van der Waals surface area contributed by atoms with Crippen molar-refractivity contribution >= 4 is 0 Å². The van der Waals surface area contributed by atoms with E-state index in [-0.39, 0.29) is 6.79 Å². The number of nitrogens with one attached hydrogen (secondary N) is 1. The van der Waals surface area contributed by atoms with E-state index >= 15 is 0 Å². The number of aliphatic hydroxyl groups excluding tert-OH is 1. The van der Waals surface area contributed by atoms with E-state index in [9.17, 15) is 5.11 Å². The zero-order chi connectivity index (χ0) is 14.2. The summed E-state index contributed by atoms with van der Waals surface area (Å²) in [5, 5.41) is 13.3. The molecule has 0 amide bonds. The first kappa shape index (κ1) is 15.1. The topological polar surface area (TPSA) is 60.0 Å². The predicted molar refractivity (Wildman–Crippen MR) is 76.1 cm³/mol. The molecule has 1 aromatic carbocycles. The van der Waals surface area contributed by atoms with Crippen LogP contribution in [0.3, 0.4) is 0 Å². The monoisotopic (exact) mass is 281 g/mol. The minimum Gasteiger partial charge on any atom is -0.454 e. The zero-order valence-corrected chi connectivity index (χ0v) is 11.9. The Bertz CT molecular complexity index is 411. The molecule has 1 aliphatic heterocycles. The molecule has 1 aliphatic rings. The number of hydrogen-bond acceptors (Lipinski definition) is 5. The van der Waals surface area contributed by atoms with Gasteiger partial charge in [-0.05, 0) is 37.1 Å². The SMILES string of the molecule is CCCOCCCNCC(O)c1ccc2c(c1)OCO2. The molecule has 0 bridgehead atoms. The van der Waals surface area contributed by atoms with Crippen LogP contribution >= 0.6 is 0 Å². The second-order valence-electron chi connectivity index (χ2n) is 4.80. The highest BCUT2D eigenvalue weighted by Gasteiger charge is 2.16. The quantitative estimate of drug-likeness (QED) is 0.677. The molecule has 1 atom stereocenters. The van der Waals surface area contributed by atoms with Crippen molar-refractivity contribution in [3.63, 3.8) is 0 Å². The van der Waals surface area contributed by atoms with Crippen LogP contribution in [0.5, 0.6) is 11.5 Å². The Hall–Kier alpha value is -1.30. The number of aliphatic hydroxyl groups is 1. The number of fused-ring (bicyclic) bond motifs is 1. The Morgan fingerprint density at radius 3 is 3.00 bits per heavy atom. The lowest BCUT2D eigenvalue weighted by Gasteiger charge is -2.12. The molecule has 2 rings (SSSR count). The summed E-state index contributed by atoms with van der Waals surface area (Å²) in [5.74, 6) is 1.44. The molecule has 1 aromatic rings. The largest absolute Gasteiger partial charge is 0.454 e. The summed E-state index contributed by atoms with van der Waals surface area (Å²) in [6, 6.07) is 5.53. The van der Waals surface area contributed by atoms with E-state index in [1.807, 2.05) is 18.2 Å². The smallest absolute Gasteiger partial charge is 0.231 e. The molecule has 0 saturated carbocycles. The average Bonchev–Trinajstić information content (AvgIpc) is 2.93. The summed E-state index contributed by atoms with van der Waals surface area (Å²) in [6.45, 7) is 5.30. The van der Waals surface area contributed by atoms with Gasteiger partial charge in [-0.2, -0.15) is 0 Å². The molecule has 1 heterocycles. The van der Waals surface area contributed by atoms with Crippen LogP contribution in [0.1, 0.15) is 31.4 Å². The van der Waals surface area contributed by atoms with Crippen molar-refractivity contribution in [1.29, 1.82) is 0 Å². The normalized spacial score (nSPS) is 14.5. The predicted octanol–water partition coefficient (Wildman–Crippen LogP) is 1.85. The second-order valence-corrected chi connectivity index (χ2v) is 4.80. The number of hydrogen-bond donors (Lipinski definition) is 2. The molecule has 5 heteroatoms. The Morgan fingerprint density at radius 1 is 1.30 bits per heavy atom. The molecule has 0 saturated heterocycles. The molecule has 0 aliphatic carbocycles. The summed E-state index contributed by atoms with van der Waals surface area (Å²) in [5.41, 5.74) is 0.837. The maximum absolute atomic E-state index is 10.1. The summed E-state index contributed by atoms with van der Waals surface area (Å²) >= 11 is 0. The number of rotatable bonds is 9. The molecule has 0 spiro atoms. The Kier molecular flexibility index (Phi) is 6.11. The van der Waals surface area contributed by atoms with E-state index in [2.05, 4.69) is 12.2 Å². The van der Waals surface area contributed by atoms with Gasteiger partial charge in [-0.3, -0.25) is 0 Å². The summed E-state index contributed by atoms with van der Waals surface area (Å²) < 4.78 is 15.9. The molecule has 0 fully saturated rings. The third kappa shape index (κ3) is 4.37. The minimum absolute atomic E-state index is 0.255. The fraction of sp³-hybridized carbons (Fsp3) is 0.600. The van der Waals surface area contributed by atoms with Gasteiger partial charge in [0.25, 0.3) is 0 Å². The maximum atomic E-state index is 10.1. The van der Waals surface area contributed by atoms with Crippen LogP contribution in [0.4, 0.5) is 0 Å². The van der Waals surface area contributed by atoms with Crippen LogP contribution in [0.15, 0.2) is 18.2 Å². The van der Waals surface area contributed by atoms with Crippen LogP contribution in [0.2, 0.25) is 0 Å². The van der Waals surface area contributed by atoms with Crippen LogP contribution in [-0.4, -0.2) is 38.2 Å². The maximum Gasteiger partial charge on any atom is 0.231 e. The minimum atomic E-state index is -0.541. The fourth-order valence-electron chi connectivity index (χ4n) is 2.02. The highest BCUT2D eigenvalue weighted by Crippen LogP contribution is 2.33. The summed E-state index contributed by atoms with van der Waals surface area (Å²) in [7, 11) is 0. The average molecular weight is 281 g/mol. The van der Waals surface area contributed by atoms with Crippen molar-refractivity contribution in [2.45, 2.75) is 25.9 Å². The highest BCUT2D eigenvalue weighted by molar-refractivity contribution is 5.45. The van der Waals surface area contributed by atoms with Gasteiger partial charge in [0.2, 0.25) is 6.79 Å². The first-order valence-electron chi connectivity index (χ1n) is 7.17. The van der Waals surface area contributed by atoms with Gasteiger partial charge in [0, 0.05) is 19.8 Å². The van der Waals surface area contributed by atoms with Gasteiger partial charge in [0.05, 0.1) is 6.10 Å². The molecule has 1 unspecified atom stereocenters. The standard InChI is InChI=1S/C15H23NO4/c1-2-7-18-8-3-6-16-10-13(17)12-4-5-14-15(9-12)20-11-19-14/h4-5,9,13,16-17H,2-3,6-8,10-11H2,1H3. The molecule has 0 aromatic heterocycles.